The number of rotatable bonds is 9. The Hall–Kier alpha value is -2.54. The third-order valence-corrected chi connectivity index (χ3v) is 4.32. The molecule has 1 aromatic carbocycles. The molecule has 0 spiro atoms. The van der Waals surface area contributed by atoms with E-state index in [-0.39, 0.29) is 6.61 Å². The first-order valence-corrected chi connectivity index (χ1v) is 9.29. The molecule has 2 N–H and O–H groups in total. The van der Waals surface area contributed by atoms with Gasteiger partial charge >= 0.3 is 5.97 Å². The van der Waals surface area contributed by atoms with Gasteiger partial charge in [0.2, 0.25) is 0 Å². The van der Waals surface area contributed by atoms with Gasteiger partial charge in [-0.25, -0.2) is 4.79 Å². The van der Waals surface area contributed by atoms with Gasteiger partial charge in [-0.1, -0.05) is 32.1 Å². The van der Waals surface area contributed by atoms with Crippen LogP contribution in [0.4, 0.5) is 0 Å². The third-order valence-electron chi connectivity index (χ3n) is 4.10. The molecule has 0 aliphatic carbocycles. The summed E-state index contributed by atoms with van der Waals surface area (Å²) in [5, 5.41) is 6.56. The molecule has 0 amide bonds. The van der Waals surface area contributed by atoms with Gasteiger partial charge in [-0.15, -0.1) is 0 Å². The second-order valence-electron chi connectivity index (χ2n) is 6.07. The van der Waals surface area contributed by atoms with Crippen molar-refractivity contribution in [3.05, 3.63) is 47.7 Å². The van der Waals surface area contributed by atoms with Crippen molar-refractivity contribution in [1.82, 2.24) is 10.6 Å². The largest absolute Gasteiger partial charge is 0.493 e. The Morgan fingerprint density at radius 2 is 2.15 bits per heavy atom. The Bertz CT molecular complexity index is 745. The van der Waals surface area contributed by atoms with Gasteiger partial charge in [0.1, 0.15) is 6.61 Å². The lowest BCUT2D eigenvalue weighted by Crippen LogP contribution is -2.45. The van der Waals surface area contributed by atoms with Gasteiger partial charge in [0, 0.05) is 5.70 Å². The number of allylic oxidation sites excluding steroid dienone is 1. The predicted molar refractivity (Wildman–Crippen MR) is 109 cm³/mol. The summed E-state index contributed by atoms with van der Waals surface area (Å²) in [5.74, 6) is 0.844. The van der Waals surface area contributed by atoms with Crippen LogP contribution in [0.3, 0.4) is 0 Å². The van der Waals surface area contributed by atoms with Gasteiger partial charge in [-0.2, -0.15) is 0 Å². The molecule has 0 fully saturated rings. The smallest absolute Gasteiger partial charge is 0.338 e. The van der Waals surface area contributed by atoms with Crippen molar-refractivity contribution in [3.8, 4) is 11.5 Å². The quantitative estimate of drug-likeness (QED) is 0.290. The molecule has 27 heavy (non-hydrogen) atoms. The molecule has 1 aromatic rings. The number of esters is 1. The van der Waals surface area contributed by atoms with E-state index in [2.05, 4.69) is 24.1 Å². The highest BCUT2D eigenvalue weighted by atomic mass is 32.1. The molecule has 1 aliphatic rings. The molecule has 0 bridgehead atoms. The molecule has 1 atom stereocenters. The number of hydrogen-bond donors (Lipinski definition) is 2. The molecule has 0 saturated heterocycles. The maximum atomic E-state index is 12.5. The van der Waals surface area contributed by atoms with Gasteiger partial charge in [0.05, 0.1) is 25.3 Å². The standard InChI is InChI=1S/C20H26N2O4S/c1-5-7-11-25-15-9-8-14(12-16(15)24-4)18-17(19(23)26-10-6-2)13(3)21-20(27)22-18/h6,8-9,12,18H,2,5,7,10-11H2,1,3-4H3,(H2,21,22,27)/t18-/m0/s1. The average molecular weight is 391 g/mol. The summed E-state index contributed by atoms with van der Waals surface area (Å²) in [5.41, 5.74) is 1.94. The highest BCUT2D eigenvalue weighted by Gasteiger charge is 2.31. The van der Waals surface area contributed by atoms with E-state index in [1.807, 2.05) is 18.2 Å². The lowest BCUT2D eigenvalue weighted by molar-refractivity contribution is -0.138. The molecule has 2 rings (SSSR count). The van der Waals surface area contributed by atoms with E-state index < -0.39 is 12.0 Å². The topological polar surface area (TPSA) is 68.8 Å². The van der Waals surface area contributed by atoms with E-state index in [0.29, 0.717) is 34.5 Å². The molecule has 7 heteroatoms. The normalized spacial score (nSPS) is 16.3. The zero-order valence-corrected chi connectivity index (χ0v) is 16.8. The van der Waals surface area contributed by atoms with E-state index in [0.717, 1.165) is 18.4 Å². The highest BCUT2D eigenvalue weighted by Crippen LogP contribution is 2.34. The minimum absolute atomic E-state index is 0.139. The van der Waals surface area contributed by atoms with Gasteiger partial charge in [-0.05, 0) is 43.3 Å². The summed E-state index contributed by atoms with van der Waals surface area (Å²) < 4.78 is 16.5. The fraction of sp³-hybridized carbons (Fsp3) is 0.400. The zero-order valence-electron chi connectivity index (χ0n) is 16.0. The average Bonchev–Trinajstić information content (AvgIpc) is 2.65. The fourth-order valence-electron chi connectivity index (χ4n) is 2.74. The summed E-state index contributed by atoms with van der Waals surface area (Å²) >= 11 is 5.26. The Labute approximate surface area is 165 Å². The van der Waals surface area contributed by atoms with Crippen LogP contribution in [0.5, 0.6) is 11.5 Å². The summed E-state index contributed by atoms with van der Waals surface area (Å²) in [6.45, 7) is 8.24. The van der Waals surface area contributed by atoms with E-state index in [1.54, 1.807) is 14.0 Å². The van der Waals surface area contributed by atoms with Crippen LogP contribution < -0.4 is 20.1 Å². The number of hydrogen-bond acceptors (Lipinski definition) is 5. The Balaban J connectivity index is 2.34. The highest BCUT2D eigenvalue weighted by molar-refractivity contribution is 7.80. The van der Waals surface area contributed by atoms with Crippen molar-refractivity contribution in [2.24, 2.45) is 0 Å². The van der Waals surface area contributed by atoms with Crippen molar-refractivity contribution < 1.29 is 19.0 Å². The molecule has 0 unspecified atom stereocenters. The summed E-state index contributed by atoms with van der Waals surface area (Å²) in [7, 11) is 1.59. The minimum Gasteiger partial charge on any atom is -0.493 e. The first-order chi connectivity index (χ1) is 13.0. The lowest BCUT2D eigenvalue weighted by Gasteiger charge is -2.30. The Morgan fingerprint density at radius 1 is 1.37 bits per heavy atom. The van der Waals surface area contributed by atoms with Crippen LogP contribution in [0, 0.1) is 0 Å². The van der Waals surface area contributed by atoms with E-state index in [4.69, 9.17) is 26.4 Å². The number of thiocarbonyl (C=S) groups is 1. The Kier molecular flexibility index (Phi) is 7.67. The predicted octanol–water partition coefficient (Wildman–Crippen LogP) is 3.40. The minimum atomic E-state index is -0.449. The van der Waals surface area contributed by atoms with Crippen molar-refractivity contribution in [1.29, 1.82) is 0 Å². The number of benzene rings is 1. The molecular weight excluding hydrogens is 364 g/mol. The molecule has 6 nitrogen and oxygen atoms in total. The van der Waals surface area contributed by atoms with Crippen LogP contribution in [0.1, 0.15) is 38.3 Å². The monoisotopic (exact) mass is 390 g/mol. The number of carbonyl (C=O) groups is 1. The zero-order chi connectivity index (χ0) is 19.8. The van der Waals surface area contributed by atoms with E-state index in [1.165, 1.54) is 6.08 Å². The van der Waals surface area contributed by atoms with Gasteiger partial charge < -0.3 is 24.8 Å². The lowest BCUT2D eigenvalue weighted by atomic mass is 9.95. The van der Waals surface area contributed by atoms with Crippen LogP contribution in [-0.4, -0.2) is 31.4 Å². The maximum Gasteiger partial charge on any atom is 0.338 e. The summed E-state index contributed by atoms with van der Waals surface area (Å²) in [4.78, 5) is 12.5. The van der Waals surface area contributed by atoms with Crippen LogP contribution >= 0.6 is 12.2 Å². The maximum absolute atomic E-state index is 12.5. The molecule has 0 aromatic heterocycles. The van der Waals surface area contributed by atoms with Gasteiger partial charge in [0.15, 0.2) is 16.6 Å². The number of unbranched alkanes of at least 4 members (excludes halogenated alkanes) is 1. The Morgan fingerprint density at radius 3 is 2.81 bits per heavy atom. The van der Waals surface area contributed by atoms with Crippen molar-refractivity contribution in [3.63, 3.8) is 0 Å². The summed E-state index contributed by atoms with van der Waals surface area (Å²) in [6, 6.07) is 5.14. The number of nitrogens with one attached hydrogen (secondary N) is 2. The number of ether oxygens (including phenoxy) is 3. The molecule has 0 saturated carbocycles. The van der Waals surface area contributed by atoms with Crippen LogP contribution in [0.25, 0.3) is 0 Å². The first kappa shape index (κ1) is 20.8. The molecule has 0 radical (unpaired) electrons. The molecular formula is C20H26N2O4S. The van der Waals surface area contributed by atoms with Crippen LogP contribution in [-0.2, 0) is 9.53 Å². The van der Waals surface area contributed by atoms with Crippen molar-refractivity contribution in [2.75, 3.05) is 20.3 Å². The van der Waals surface area contributed by atoms with Crippen LogP contribution in [0.15, 0.2) is 42.1 Å². The summed E-state index contributed by atoms with van der Waals surface area (Å²) in [6.07, 6.45) is 3.55. The second-order valence-corrected chi connectivity index (χ2v) is 6.48. The fourth-order valence-corrected chi connectivity index (χ4v) is 3.01. The van der Waals surface area contributed by atoms with Crippen LogP contribution in [0.2, 0.25) is 0 Å². The number of carbonyl (C=O) groups excluding carboxylic acids is 1. The number of methoxy groups -OCH3 is 1. The van der Waals surface area contributed by atoms with Crippen molar-refractivity contribution >= 4 is 23.3 Å². The van der Waals surface area contributed by atoms with Gasteiger partial charge in [0.25, 0.3) is 0 Å². The molecule has 1 aliphatic heterocycles. The third kappa shape index (κ3) is 5.23. The van der Waals surface area contributed by atoms with E-state index >= 15 is 0 Å². The van der Waals surface area contributed by atoms with Crippen molar-refractivity contribution in [2.45, 2.75) is 32.7 Å². The second kappa shape index (κ2) is 9.97. The van der Waals surface area contributed by atoms with E-state index in [9.17, 15) is 4.79 Å². The van der Waals surface area contributed by atoms with Gasteiger partial charge in [-0.3, -0.25) is 0 Å². The molecule has 1 heterocycles. The molecule has 146 valence electrons. The SMILES string of the molecule is C=CCOC(=O)C1=C(C)NC(=S)N[C@H]1c1ccc(OCCCC)c(OC)c1. The first-order valence-electron chi connectivity index (χ1n) is 8.88.